The van der Waals surface area contributed by atoms with Gasteiger partial charge in [0, 0.05) is 26.7 Å². The second-order valence-electron chi connectivity index (χ2n) is 7.59. The SMILES string of the molecule is C[C@@H]1CN(CCc2ccccc2)c2nc3c(c(=O)n(CC(=O)[O-])c(=O)n3C)n2C1. The molecule has 152 valence electrons. The molecule has 0 saturated heterocycles. The Balaban J connectivity index is 1.81. The van der Waals surface area contributed by atoms with Crippen LogP contribution in [-0.4, -0.2) is 37.7 Å². The van der Waals surface area contributed by atoms with Crippen LogP contribution in [0.1, 0.15) is 12.5 Å². The van der Waals surface area contributed by atoms with Crippen LogP contribution in [0.5, 0.6) is 0 Å². The van der Waals surface area contributed by atoms with Crippen LogP contribution in [0.4, 0.5) is 5.95 Å². The molecule has 0 N–H and O–H groups in total. The summed E-state index contributed by atoms with van der Waals surface area (Å²) in [5, 5.41) is 11.0. The fraction of sp³-hybridized carbons (Fsp3) is 0.400. The fourth-order valence-electron chi connectivity index (χ4n) is 3.97. The lowest BCUT2D eigenvalue weighted by Gasteiger charge is -2.33. The standard InChI is InChI=1S/C20H23N5O4/c1-13-10-23(9-8-14-6-4-3-5-7-14)19-21-17-16(24(19)11-13)18(28)25(12-15(26)27)20(29)22(17)2/h3-7,13H,8-12H2,1-2H3,(H,26,27)/p-1/t13-/m1/s1. The van der Waals surface area contributed by atoms with Crippen molar-refractivity contribution in [3.63, 3.8) is 0 Å². The zero-order valence-corrected chi connectivity index (χ0v) is 16.4. The van der Waals surface area contributed by atoms with Gasteiger partial charge in [0.25, 0.3) is 5.56 Å². The summed E-state index contributed by atoms with van der Waals surface area (Å²) < 4.78 is 3.73. The van der Waals surface area contributed by atoms with Crippen LogP contribution in [0, 0.1) is 5.92 Å². The van der Waals surface area contributed by atoms with Crippen LogP contribution in [-0.2, 0) is 31.4 Å². The third-order valence-electron chi connectivity index (χ3n) is 5.32. The third kappa shape index (κ3) is 3.32. The van der Waals surface area contributed by atoms with Crippen molar-refractivity contribution in [1.29, 1.82) is 0 Å². The minimum atomic E-state index is -1.49. The predicted octanol–water partition coefficient (Wildman–Crippen LogP) is -0.655. The van der Waals surface area contributed by atoms with Crippen LogP contribution < -0.4 is 21.3 Å². The highest BCUT2D eigenvalue weighted by Crippen LogP contribution is 2.26. The third-order valence-corrected chi connectivity index (χ3v) is 5.32. The second-order valence-corrected chi connectivity index (χ2v) is 7.59. The lowest BCUT2D eigenvalue weighted by Crippen LogP contribution is -2.44. The Kier molecular flexibility index (Phi) is 4.73. The van der Waals surface area contributed by atoms with Gasteiger partial charge in [0.15, 0.2) is 11.2 Å². The minimum absolute atomic E-state index is 0.250. The Hall–Kier alpha value is -3.36. The van der Waals surface area contributed by atoms with Crippen LogP contribution in [0.2, 0.25) is 0 Å². The van der Waals surface area contributed by atoms with Gasteiger partial charge in [-0.1, -0.05) is 37.3 Å². The van der Waals surface area contributed by atoms with Crippen LogP contribution in [0.25, 0.3) is 11.2 Å². The monoisotopic (exact) mass is 396 g/mol. The Morgan fingerprint density at radius 3 is 2.62 bits per heavy atom. The maximum absolute atomic E-state index is 12.9. The molecule has 9 heteroatoms. The minimum Gasteiger partial charge on any atom is -0.548 e. The largest absolute Gasteiger partial charge is 0.548 e. The number of anilines is 1. The van der Waals surface area contributed by atoms with E-state index in [1.807, 2.05) is 22.8 Å². The van der Waals surface area contributed by atoms with Gasteiger partial charge in [-0.15, -0.1) is 0 Å². The highest BCUT2D eigenvalue weighted by atomic mass is 16.4. The highest BCUT2D eigenvalue weighted by molar-refractivity contribution is 5.75. The van der Waals surface area contributed by atoms with Crippen LogP contribution in [0.15, 0.2) is 39.9 Å². The van der Waals surface area contributed by atoms with Crippen LogP contribution in [0.3, 0.4) is 0 Å². The van der Waals surface area contributed by atoms with E-state index in [4.69, 9.17) is 0 Å². The molecule has 3 aromatic rings. The molecule has 0 unspecified atom stereocenters. The first-order valence-electron chi connectivity index (χ1n) is 9.55. The molecule has 0 fully saturated rings. The van der Waals surface area contributed by atoms with Gasteiger partial charge in [0.05, 0.1) is 12.5 Å². The van der Waals surface area contributed by atoms with Gasteiger partial charge in [-0.05, 0) is 17.9 Å². The normalized spacial score (nSPS) is 16.2. The van der Waals surface area contributed by atoms with Crippen molar-refractivity contribution in [2.75, 3.05) is 18.0 Å². The van der Waals surface area contributed by atoms with Gasteiger partial charge in [-0.3, -0.25) is 13.9 Å². The van der Waals surface area contributed by atoms with Gasteiger partial charge in [0.2, 0.25) is 5.95 Å². The Morgan fingerprint density at radius 1 is 1.21 bits per heavy atom. The molecule has 0 spiro atoms. The van der Waals surface area contributed by atoms with Crippen molar-refractivity contribution in [2.45, 2.75) is 26.4 Å². The quantitative estimate of drug-likeness (QED) is 0.567. The first-order chi connectivity index (χ1) is 13.9. The number of carbonyl (C=O) groups is 1. The topological polar surface area (TPSA) is 105 Å². The van der Waals surface area contributed by atoms with Crippen molar-refractivity contribution in [1.82, 2.24) is 18.7 Å². The van der Waals surface area contributed by atoms with Gasteiger partial charge in [-0.2, -0.15) is 4.98 Å². The van der Waals surface area contributed by atoms with Crippen molar-refractivity contribution < 1.29 is 9.90 Å². The molecule has 0 saturated carbocycles. The number of carboxylic acids is 1. The van der Waals surface area contributed by atoms with Gasteiger partial charge in [0.1, 0.15) is 0 Å². The number of aryl methyl sites for hydroxylation is 1. The van der Waals surface area contributed by atoms with E-state index >= 15 is 0 Å². The number of nitrogens with zero attached hydrogens (tertiary/aromatic N) is 5. The van der Waals surface area contributed by atoms with E-state index in [2.05, 4.69) is 28.9 Å². The van der Waals surface area contributed by atoms with E-state index in [1.54, 1.807) is 0 Å². The van der Waals surface area contributed by atoms with E-state index < -0.39 is 23.8 Å². The van der Waals surface area contributed by atoms with Crippen LogP contribution >= 0.6 is 0 Å². The number of imidazole rings is 1. The maximum Gasteiger partial charge on any atom is 0.332 e. The maximum atomic E-state index is 12.9. The fourth-order valence-corrected chi connectivity index (χ4v) is 3.97. The molecular formula is C20H22N5O4-. The first-order valence-corrected chi connectivity index (χ1v) is 9.55. The highest BCUT2D eigenvalue weighted by Gasteiger charge is 2.28. The number of carbonyl (C=O) groups excluding carboxylic acids is 1. The molecule has 1 aliphatic rings. The lowest BCUT2D eigenvalue weighted by molar-refractivity contribution is -0.306. The van der Waals surface area contributed by atoms with Crippen molar-refractivity contribution in [2.24, 2.45) is 13.0 Å². The smallest absolute Gasteiger partial charge is 0.332 e. The molecule has 0 aliphatic carbocycles. The summed E-state index contributed by atoms with van der Waals surface area (Å²) in [5.41, 5.74) is 0.356. The van der Waals surface area contributed by atoms with E-state index in [0.29, 0.717) is 17.1 Å². The molecular weight excluding hydrogens is 374 g/mol. The zero-order valence-electron chi connectivity index (χ0n) is 16.4. The Morgan fingerprint density at radius 2 is 1.93 bits per heavy atom. The first kappa shape index (κ1) is 19.0. The number of aliphatic carboxylic acids is 1. The molecule has 0 amide bonds. The molecule has 0 bridgehead atoms. The van der Waals surface area contributed by atoms with E-state index in [0.717, 1.165) is 19.5 Å². The predicted molar refractivity (Wildman–Crippen MR) is 106 cm³/mol. The van der Waals surface area contributed by atoms with Crippen molar-refractivity contribution in [3.05, 3.63) is 56.7 Å². The lowest BCUT2D eigenvalue weighted by atomic mass is 10.1. The molecule has 3 heterocycles. The zero-order chi connectivity index (χ0) is 20.7. The summed E-state index contributed by atoms with van der Waals surface area (Å²) in [7, 11) is 1.49. The number of hydrogen-bond acceptors (Lipinski definition) is 6. The summed E-state index contributed by atoms with van der Waals surface area (Å²) >= 11 is 0. The molecule has 0 radical (unpaired) electrons. The number of carboxylic acid groups (broad SMARTS) is 1. The summed E-state index contributed by atoms with van der Waals surface area (Å²) in [6.45, 7) is 3.39. The number of aromatic nitrogens is 4. The van der Waals surface area contributed by atoms with Crippen molar-refractivity contribution >= 4 is 23.1 Å². The molecule has 1 atom stereocenters. The average molecular weight is 396 g/mol. The van der Waals surface area contributed by atoms with Gasteiger partial charge >= 0.3 is 5.69 Å². The molecule has 9 nitrogen and oxygen atoms in total. The Labute approximate surface area is 166 Å². The molecule has 4 rings (SSSR count). The summed E-state index contributed by atoms with van der Waals surface area (Å²) in [5.74, 6) is -0.589. The molecule has 29 heavy (non-hydrogen) atoms. The second kappa shape index (κ2) is 7.23. The van der Waals surface area contributed by atoms with E-state index in [1.165, 1.54) is 17.2 Å². The summed E-state index contributed by atoms with van der Waals surface area (Å²) in [6.07, 6.45) is 0.824. The molecule has 2 aromatic heterocycles. The Bertz CT molecular complexity index is 1190. The van der Waals surface area contributed by atoms with E-state index in [-0.39, 0.29) is 17.1 Å². The van der Waals surface area contributed by atoms with Gasteiger partial charge < -0.3 is 19.4 Å². The summed E-state index contributed by atoms with van der Waals surface area (Å²) in [6, 6.07) is 10.1. The number of benzene rings is 1. The number of rotatable bonds is 5. The van der Waals surface area contributed by atoms with Crippen molar-refractivity contribution in [3.8, 4) is 0 Å². The van der Waals surface area contributed by atoms with Gasteiger partial charge in [-0.25, -0.2) is 4.79 Å². The average Bonchev–Trinajstić information content (AvgIpc) is 3.08. The number of hydrogen-bond donors (Lipinski definition) is 0. The summed E-state index contributed by atoms with van der Waals surface area (Å²) in [4.78, 5) is 43.2. The van der Waals surface area contributed by atoms with E-state index in [9.17, 15) is 19.5 Å². The number of fused-ring (bicyclic) bond motifs is 3. The molecule has 1 aromatic carbocycles. The molecule has 1 aliphatic heterocycles.